The van der Waals surface area contributed by atoms with Crippen LogP contribution in [-0.2, 0) is 16.0 Å². The molecule has 1 fully saturated rings. The Morgan fingerprint density at radius 1 is 0.963 bits per heavy atom. The zero-order chi connectivity index (χ0) is 18.8. The maximum absolute atomic E-state index is 12.9. The summed E-state index contributed by atoms with van der Waals surface area (Å²) in [5.74, 6) is -0.247. The minimum Gasteiger partial charge on any atom is -0.274 e. The summed E-state index contributed by atoms with van der Waals surface area (Å²) in [6.07, 6.45) is 2.32. The summed E-state index contributed by atoms with van der Waals surface area (Å²) in [6.45, 7) is 2.13. The first kappa shape index (κ1) is 17.8. The highest BCUT2D eigenvalue weighted by molar-refractivity contribution is 8.00. The van der Waals surface area contributed by atoms with Crippen molar-refractivity contribution in [3.8, 4) is 0 Å². The molecule has 0 aromatic heterocycles. The lowest BCUT2D eigenvalue weighted by molar-refractivity contribution is -0.121. The number of carbonyl (C=O) groups excluding carboxylic acids is 2. The first-order valence-corrected chi connectivity index (χ1v) is 10.1. The van der Waals surface area contributed by atoms with Gasteiger partial charge in [-0.15, -0.1) is 11.8 Å². The Labute approximate surface area is 163 Å². The van der Waals surface area contributed by atoms with Gasteiger partial charge in [-0.05, 0) is 47.0 Å². The number of hydrogen-bond donors (Lipinski definition) is 0. The average molecular weight is 375 g/mol. The molecule has 1 aliphatic heterocycles. The molecule has 3 nitrogen and oxygen atoms in total. The third-order valence-corrected chi connectivity index (χ3v) is 6.02. The Morgan fingerprint density at radius 3 is 2.44 bits per heavy atom. The van der Waals surface area contributed by atoms with Crippen molar-refractivity contribution < 1.29 is 9.59 Å². The lowest BCUT2D eigenvalue weighted by Gasteiger charge is -2.15. The Hall–Kier alpha value is -2.59. The summed E-state index contributed by atoms with van der Waals surface area (Å²) in [4.78, 5) is 27.7. The molecule has 27 heavy (non-hydrogen) atoms. The highest BCUT2D eigenvalue weighted by atomic mass is 32.2. The number of anilines is 1. The summed E-state index contributed by atoms with van der Waals surface area (Å²) in [6, 6.07) is 22.1. The van der Waals surface area contributed by atoms with E-state index in [0.717, 1.165) is 23.1 Å². The standard InChI is InChI=1S/C23H21NO2S/c1-2-5-16-8-11-19(12-9-16)24-22(25)15-21(23(24)26)27-20-13-10-17-6-3-4-7-18(17)14-20/h3-4,6-14,21H,2,5,15H2,1H3. The summed E-state index contributed by atoms with van der Waals surface area (Å²) in [7, 11) is 0. The van der Waals surface area contributed by atoms with Crippen LogP contribution in [0.5, 0.6) is 0 Å². The van der Waals surface area contributed by atoms with Gasteiger partial charge in [0.25, 0.3) is 0 Å². The molecule has 2 amide bonds. The minimum absolute atomic E-state index is 0.124. The number of thioether (sulfide) groups is 1. The molecule has 0 radical (unpaired) electrons. The van der Waals surface area contributed by atoms with Crippen molar-refractivity contribution in [2.24, 2.45) is 0 Å². The second kappa shape index (κ2) is 7.57. The fourth-order valence-corrected chi connectivity index (χ4v) is 4.58. The molecule has 3 aromatic rings. The van der Waals surface area contributed by atoms with E-state index >= 15 is 0 Å². The fraction of sp³-hybridized carbons (Fsp3) is 0.217. The predicted octanol–water partition coefficient (Wildman–Crippen LogP) is 5.22. The predicted molar refractivity (Wildman–Crippen MR) is 111 cm³/mol. The van der Waals surface area contributed by atoms with E-state index in [0.29, 0.717) is 5.69 Å². The number of fused-ring (bicyclic) bond motifs is 1. The van der Waals surface area contributed by atoms with Gasteiger partial charge in [-0.25, -0.2) is 4.90 Å². The molecule has 0 saturated carbocycles. The molecule has 0 aliphatic carbocycles. The van der Waals surface area contributed by atoms with E-state index < -0.39 is 0 Å². The molecule has 4 heteroatoms. The van der Waals surface area contributed by atoms with Crippen LogP contribution in [0, 0.1) is 0 Å². The van der Waals surface area contributed by atoms with Crippen LogP contribution in [0.2, 0.25) is 0 Å². The van der Waals surface area contributed by atoms with Gasteiger partial charge < -0.3 is 0 Å². The van der Waals surface area contributed by atoms with Crippen LogP contribution in [0.15, 0.2) is 71.6 Å². The van der Waals surface area contributed by atoms with Gasteiger partial charge in [0.05, 0.1) is 10.9 Å². The van der Waals surface area contributed by atoms with E-state index in [9.17, 15) is 9.59 Å². The highest BCUT2D eigenvalue weighted by Crippen LogP contribution is 2.35. The smallest absolute Gasteiger partial charge is 0.247 e. The normalized spacial score (nSPS) is 17.1. The van der Waals surface area contributed by atoms with E-state index in [1.165, 1.54) is 27.6 Å². The number of imide groups is 1. The van der Waals surface area contributed by atoms with Crippen LogP contribution < -0.4 is 4.90 Å². The largest absolute Gasteiger partial charge is 0.274 e. The van der Waals surface area contributed by atoms with Crippen LogP contribution in [0.1, 0.15) is 25.3 Å². The van der Waals surface area contributed by atoms with Gasteiger partial charge in [-0.3, -0.25) is 9.59 Å². The molecule has 1 heterocycles. The van der Waals surface area contributed by atoms with Crippen LogP contribution in [-0.4, -0.2) is 17.1 Å². The van der Waals surface area contributed by atoms with Gasteiger partial charge in [-0.1, -0.05) is 55.8 Å². The van der Waals surface area contributed by atoms with Crippen LogP contribution in [0.3, 0.4) is 0 Å². The number of rotatable bonds is 5. The number of nitrogens with zero attached hydrogens (tertiary/aromatic N) is 1. The van der Waals surface area contributed by atoms with Crippen LogP contribution >= 0.6 is 11.8 Å². The SMILES string of the molecule is CCCc1ccc(N2C(=O)CC(Sc3ccc4ccccc4c3)C2=O)cc1. The molecule has 1 aliphatic rings. The van der Waals surface area contributed by atoms with E-state index in [-0.39, 0.29) is 23.5 Å². The number of carbonyl (C=O) groups is 2. The van der Waals surface area contributed by atoms with Crippen molar-refractivity contribution in [1.29, 1.82) is 0 Å². The monoisotopic (exact) mass is 375 g/mol. The molecular formula is C23H21NO2S. The molecular weight excluding hydrogens is 354 g/mol. The second-order valence-corrected chi connectivity index (χ2v) is 8.08. The van der Waals surface area contributed by atoms with Gasteiger partial charge in [0.2, 0.25) is 11.8 Å². The van der Waals surface area contributed by atoms with Gasteiger partial charge in [0, 0.05) is 11.3 Å². The van der Waals surface area contributed by atoms with E-state index in [1.54, 1.807) is 0 Å². The van der Waals surface area contributed by atoms with Crippen molar-refractivity contribution >= 4 is 40.0 Å². The zero-order valence-corrected chi connectivity index (χ0v) is 16.0. The van der Waals surface area contributed by atoms with Gasteiger partial charge in [-0.2, -0.15) is 0 Å². The number of hydrogen-bond acceptors (Lipinski definition) is 3. The Bertz CT molecular complexity index is 997. The summed E-state index contributed by atoms with van der Waals surface area (Å²) in [5.41, 5.74) is 1.90. The maximum Gasteiger partial charge on any atom is 0.247 e. The molecule has 1 saturated heterocycles. The second-order valence-electron chi connectivity index (χ2n) is 6.80. The third-order valence-electron chi connectivity index (χ3n) is 4.84. The zero-order valence-electron chi connectivity index (χ0n) is 15.2. The first-order chi connectivity index (χ1) is 13.2. The van der Waals surface area contributed by atoms with Gasteiger partial charge >= 0.3 is 0 Å². The molecule has 1 unspecified atom stereocenters. The fourth-order valence-electron chi connectivity index (χ4n) is 3.47. The lowest BCUT2D eigenvalue weighted by Crippen LogP contribution is -2.31. The number of benzene rings is 3. The summed E-state index contributed by atoms with van der Waals surface area (Å²) < 4.78 is 0. The van der Waals surface area contributed by atoms with Crippen molar-refractivity contribution in [3.63, 3.8) is 0 Å². The van der Waals surface area contributed by atoms with Crippen molar-refractivity contribution in [3.05, 3.63) is 72.3 Å². The van der Waals surface area contributed by atoms with Gasteiger partial charge in [0.1, 0.15) is 0 Å². The van der Waals surface area contributed by atoms with Crippen molar-refractivity contribution in [1.82, 2.24) is 0 Å². The maximum atomic E-state index is 12.9. The molecule has 0 spiro atoms. The molecule has 0 N–H and O–H groups in total. The lowest BCUT2D eigenvalue weighted by atomic mass is 10.1. The molecule has 4 rings (SSSR count). The Morgan fingerprint density at radius 2 is 1.70 bits per heavy atom. The molecule has 136 valence electrons. The average Bonchev–Trinajstić information content (AvgIpc) is 2.96. The molecule has 1 atom stereocenters. The number of amides is 2. The van der Waals surface area contributed by atoms with E-state index in [1.807, 2.05) is 42.5 Å². The first-order valence-electron chi connectivity index (χ1n) is 9.27. The van der Waals surface area contributed by atoms with Crippen molar-refractivity contribution in [2.45, 2.75) is 36.3 Å². The topological polar surface area (TPSA) is 37.4 Å². The van der Waals surface area contributed by atoms with E-state index in [4.69, 9.17) is 0 Å². The van der Waals surface area contributed by atoms with Gasteiger partial charge in [0.15, 0.2) is 0 Å². The summed E-state index contributed by atoms with van der Waals surface area (Å²) >= 11 is 1.48. The molecule has 3 aromatic carbocycles. The summed E-state index contributed by atoms with van der Waals surface area (Å²) in [5, 5.41) is 1.95. The minimum atomic E-state index is -0.367. The molecule has 0 bridgehead atoms. The highest BCUT2D eigenvalue weighted by Gasteiger charge is 2.40. The van der Waals surface area contributed by atoms with Crippen molar-refractivity contribution in [2.75, 3.05) is 4.90 Å². The van der Waals surface area contributed by atoms with Crippen LogP contribution in [0.25, 0.3) is 10.8 Å². The quantitative estimate of drug-likeness (QED) is 0.574. The number of aryl methyl sites for hydroxylation is 1. The third kappa shape index (κ3) is 3.62. The van der Waals surface area contributed by atoms with Crippen LogP contribution in [0.4, 0.5) is 5.69 Å². The van der Waals surface area contributed by atoms with E-state index in [2.05, 4.69) is 31.2 Å². The Kier molecular flexibility index (Phi) is 4.99. The Balaban J connectivity index is 1.53.